The highest BCUT2D eigenvalue weighted by Crippen LogP contribution is 2.25. The van der Waals surface area contributed by atoms with Gasteiger partial charge in [0.15, 0.2) is 0 Å². The van der Waals surface area contributed by atoms with Crippen LogP contribution in [0, 0.1) is 5.82 Å². The van der Waals surface area contributed by atoms with Gasteiger partial charge in [0.1, 0.15) is 11.5 Å². The number of carbonyl (C=O) groups excluding carboxylic acids is 1. The van der Waals surface area contributed by atoms with Crippen LogP contribution in [0.4, 0.5) is 4.39 Å². The lowest BCUT2D eigenvalue weighted by molar-refractivity contribution is 0.0946. The van der Waals surface area contributed by atoms with Crippen LogP contribution in [0.3, 0.4) is 0 Å². The molecule has 0 saturated carbocycles. The summed E-state index contributed by atoms with van der Waals surface area (Å²) in [5, 5.41) is 3.80. The summed E-state index contributed by atoms with van der Waals surface area (Å²) < 4.78 is 13.1. The molecule has 0 fully saturated rings. The first kappa shape index (κ1) is 24.9. The molecule has 8 heteroatoms. The second kappa shape index (κ2) is 11.2. The summed E-state index contributed by atoms with van der Waals surface area (Å²) in [5.74, 6) is -0.455. The van der Waals surface area contributed by atoms with Crippen LogP contribution in [-0.4, -0.2) is 29.5 Å². The molecule has 0 spiro atoms. The van der Waals surface area contributed by atoms with E-state index in [0.29, 0.717) is 12.2 Å². The lowest BCUT2D eigenvalue weighted by atomic mass is 10.0. The van der Waals surface area contributed by atoms with Crippen molar-refractivity contribution >= 4 is 41.6 Å². The van der Waals surface area contributed by atoms with E-state index in [2.05, 4.69) is 10.3 Å². The summed E-state index contributed by atoms with van der Waals surface area (Å²) in [7, 11) is 0. The normalized spacial score (nSPS) is 12.6. The minimum Gasteiger partial charge on any atom is -0.351 e. The zero-order valence-corrected chi connectivity index (χ0v) is 17.8. The zero-order valence-electron chi connectivity index (χ0n) is 16.2. The van der Waals surface area contributed by atoms with Gasteiger partial charge in [-0.15, -0.1) is 24.8 Å². The monoisotopic (exact) mass is 440 g/mol. The number of carbonyl (C=O) groups is 1. The van der Waals surface area contributed by atoms with Crippen LogP contribution in [0.2, 0.25) is 0 Å². The number of rotatable bonds is 7. The van der Waals surface area contributed by atoms with Gasteiger partial charge in [-0.1, -0.05) is 24.3 Å². The molecule has 0 aliphatic carbocycles. The van der Waals surface area contributed by atoms with Crippen LogP contribution in [0.15, 0.2) is 48.5 Å². The highest BCUT2D eigenvalue weighted by molar-refractivity contribution is 5.98. The molecule has 3 rings (SSSR count). The fourth-order valence-electron chi connectivity index (χ4n) is 2.97. The summed E-state index contributed by atoms with van der Waals surface area (Å²) in [6.07, 6.45) is 1.60. The van der Waals surface area contributed by atoms with Crippen molar-refractivity contribution in [1.82, 2.24) is 10.3 Å². The maximum atomic E-state index is 13.1. The van der Waals surface area contributed by atoms with E-state index in [4.69, 9.17) is 11.5 Å². The van der Waals surface area contributed by atoms with Crippen molar-refractivity contribution in [1.29, 1.82) is 0 Å². The van der Waals surface area contributed by atoms with Crippen LogP contribution >= 0.6 is 24.8 Å². The number of aromatic amines is 1. The Hall–Kier alpha value is -2.12. The van der Waals surface area contributed by atoms with Crippen LogP contribution in [0.25, 0.3) is 22.0 Å². The van der Waals surface area contributed by atoms with Crippen LogP contribution < -0.4 is 16.8 Å². The Morgan fingerprint density at radius 3 is 2.34 bits per heavy atom. The van der Waals surface area contributed by atoms with E-state index in [1.807, 2.05) is 31.2 Å². The fraction of sp³-hybridized carbons (Fsp3) is 0.286. The molecule has 2 unspecified atom stereocenters. The number of hydrogen-bond acceptors (Lipinski definition) is 3. The van der Waals surface area contributed by atoms with E-state index < -0.39 is 0 Å². The molecule has 29 heavy (non-hydrogen) atoms. The Balaban J connectivity index is 0.00000210. The highest BCUT2D eigenvalue weighted by Gasteiger charge is 2.12. The highest BCUT2D eigenvalue weighted by atomic mass is 35.5. The molecule has 1 heterocycles. The largest absolute Gasteiger partial charge is 0.351 e. The molecular formula is C21H27Cl2FN4O. The number of fused-ring (bicyclic) bond motifs is 1. The quantitative estimate of drug-likeness (QED) is 0.446. The molecule has 2 aromatic carbocycles. The van der Waals surface area contributed by atoms with E-state index in [0.717, 1.165) is 34.9 Å². The third kappa shape index (κ3) is 6.72. The first-order valence-electron chi connectivity index (χ1n) is 9.10. The van der Waals surface area contributed by atoms with Crippen LogP contribution in [0.1, 0.15) is 30.3 Å². The summed E-state index contributed by atoms with van der Waals surface area (Å²) in [4.78, 5) is 15.5. The number of H-pyrrole nitrogens is 1. The summed E-state index contributed by atoms with van der Waals surface area (Å²) >= 11 is 0. The first-order chi connectivity index (χ1) is 12.9. The van der Waals surface area contributed by atoms with Gasteiger partial charge in [-0.2, -0.15) is 0 Å². The Kier molecular flexibility index (Phi) is 9.59. The van der Waals surface area contributed by atoms with Gasteiger partial charge in [-0.3, -0.25) is 4.79 Å². The molecule has 0 aliphatic rings. The Morgan fingerprint density at radius 1 is 1.03 bits per heavy atom. The van der Waals surface area contributed by atoms with Gasteiger partial charge in [-0.05, 0) is 55.2 Å². The third-order valence-corrected chi connectivity index (χ3v) is 4.56. The van der Waals surface area contributed by atoms with Gasteiger partial charge in [0, 0.05) is 29.5 Å². The van der Waals surface area contributed by atoms with E-state index in [-0.39, 0.29) is 48.6 Å². The van der Waals surface area contributed by atoms with E-state index in [9.17, 15) is 9.18 Å². The second-order valence-corrected chi connectivity index (χ2v) is 7.02. The van der Waals surface area contributed by atoms with E-state index in [1.54, 1.807) is 12.1 Å². The number of hydrogen-bond donors (Lipinski definition) is 4. The van der Waals surface area contributed by atoms with Crippen LogP contribution in [0.5, 0.6) is 0 Å². The van der Waals surface area contributed by atoms with Gasteiger partial charge in [0.25, 0.3) is 5.91 Å². The first-order valence-corrected chi connectivity index (χ1v) is 9.10. The predicted octanol–water partition coefficient (Wildman–Crippen LogP) is 4.00. The average molecular weight is 441 g/mol. The fourth-order valence-corrected chi connectivity index (χ4v) is 2.97. The standard InChI is InChI=1S/C21H25FN4O.2ClH/c1-13(23)2-9-18(24)12-25-21(27)20-11-16-4-3-15(10-19(16)26-20)14-5-7-17(22)8-6-14;;/h3-8,10-11,13,18,26H,2,9,12,23-24H2,1H3,(H,25,27);2*1H. The molecule has 158 valence electrons. The summed E-state index contributed by atoms with van der Waals surface area (Å²) in [5.41, 5.74) is 14.9. The Bertz CT molecular complexity index is 928. The number of halogens is 3. The molecule has 1 aromatic heterocycles. The molecule has 0 aliphatic heterocycles. The predicted molar refractivity (Wildman–Crippen MR) is 121 cm³/mol. The van der Waals surface area contributed by atoms with Gasteiger partial charge in [-0.25, -0.2) is 4.39 Å². The number of aromatic nitrogens is 1. The van der Waals surface area contributed by atoms with Gasteiger partial charge in [0.05, 0.1) is 0 Å². The van der Waals surface area contributed by atoms with Crippen molar-refractivity contribution in [2.24, 2.45) is 11.5 Å². The number of benzene rings is 2. The molecule has 3 aromatic rings. The van der Waals surface area contributed by atoms with Gasteiger partial charge in [0.2, 0.25) is 0 Å². The van der Waals surface area contributed by atoms with Crippen LogP contribution in [-0.2, 0) is 0 Å². The zero-order chi connectivity index (χ0) is 19.4. The summed E-state index contributed by atoms with van der Waals surface area (Å²) in [6, 6.07) is 14.0. The Labute approximate surface area is 182 Å². The van der Waals surface area contributed by atoms with Gasteiger partial charge < -0.3 is 21.8 Å². The maximum absolute atomic E-state index is 13.1. The minimum absolute atomic E-state index is 0. The number of nitrogens with two attached hydrogens (primary N) is 2. The van der Waals surface area contributed by atoms with Crippen molar-refractivity contribution in [2.45, 2.75) is 31.8 Å². The number of amides is 1. The van der Waals surface area contributed by atoms with E-state index >= 15 is 0 Å². The van der Waals surface area contributed by atoms with Crippen molar-refractivity contribution < 1.29 is 9.18 Å². The second-order valence-electron chi connectivity index (χ2n) is 7.02. The molecular weight excluding hydrogens is 414 g/mol. The molecule has 6 N–H and O–H groups in total. The molecule has 5 nitrogen and oxygen atoms in total. The van der Waals surface area contributed by atoms with E-state index in [1.165, 1.54) is 12.1 Å². The van der Waals surface area contributed by atoms with Crippen molar-refractivity contribution in [3.05, 3.63) is 60.0 Å². The minimum atomic E-state index is -0.266. The SMILES string of the molecule is CC(N)CCC(N)CNC(=O)c1cc2ccc(-c3ccc(F)cc3)cc2[nH]1.Cl.Cl. The van der Waals surface area contributed by atoms with Crippen molar-refractivity contribution in [2.75, 3.05) is 6.54 Å². The lowest BCUT2D eigenvalue weighted by Gasteiger charge is -2.13. The smallest absolute Gasteiger partial charge is 0.267 e. The summed E-state index contributed by atoms with van der Waals surface area (Å²) in [6.45, 7) is 2.34. The Morgan fingerprint density at radius 2 is 1.69 bits per heavy atom. The molecule has 0 bridgehead atoms. The molecule has 2 atom stereocenters. The maximum Gasteiger partial charge on any atom is 0.267 e. The van der Waals surface area contributed by atoms with Crippen molar-refractivity contribution in [3.8, 4) is 11.1 Å². The molecule has 1 amide bonds. The average Bonchev–Trinajstić information content (AvgIpc) is 3.08. The van der Waals surface area contributed by atoms with Gasteiger partial charge >= 0.3 is 0 Å². The lowest BCUT2D eigenvalue weighted by Crippen LogP contribution is -2.38. The third-order valence-electron chi connectivity index (χ3n) is 4.56. The molecule has 0 radical (unpaired) electrons. The topological polar surface area (TPSA) is 96.9 Å². The molecule has 0 saturated heterocycles. The van der Waals surface area contributed by atoms with Crippen molar-refractivity contribution in [3.63, 3.8) is 0 Å². The number of nitrogens with one attached hydrogen (secondary N) is 2.